The first-order valence-electron chi connectivity index (χ1n) is 8.43. The Morgan fingerprint density at radius 3 is 2.83 bits per heavy atom. The topological polar surface area (TPSA) is 64.1 Å². The lowest BCUT2D eigenvalue weighted by Crippen LogP contribution is -2.29. The first kappa shape index (κ1) is 16.6. The standard InChI is InChI=1S/C19H23N3O2/c1-13(2)17-6-7-18(22-21-17)15-4-3-5-16(10-15)19(23)20-11-14-8-9-24-12-14/h3-7,10,13-14H,8-9,11-12H2,1-2H3,(H,20,23). The number of ether oxygens (including phenoxy) is 1. The van der Waals surface area contributed by atoms with Gasteiger partial charge < -0.3 is 10.1 Å². The van der Waals surface area contributed by atoms with Crippen molar-refractivity contribution in [2.45, 2.75) is 26.2 Å². The molecular formula is C19H23N3O2. The van der Waals surface area contributed by atoms with Gasteiger partial charge in [-0.05, 0) is 36.6 Å². The molecule has 24 heavy (non-hydrogen) atoms. The summed E-state index contributed by atoms with van der Waals surface area (Å²) in [7, 11) is 0. The van der Waals surface area contributed by atoms with E-state index in [2.05, 4.69) is 29.4 Å². The molecule has 5 heteroatoms. The smallest absolute Gasteiger partial charge is 0.251 e. The fourth-order valence-corrected chi connectivity index (χ4v) is 2.71. The van der Waals surface area contributed by atoms with E-state index in [0.29, 0.717) is 23.9 Å². The zero-order valence-electron chi connectivity index (χ0n) is 14.2. The van der Waals surface area contributed by atoms with E-state index >= 15 is 0 Å². The number of carbonyl (C=O) groups excluding carboxylic acids is 1. The van der Waals surface area contributed by atoms with Crippen LogP contribution in [0.5, 0.6) is 0 Å². The Kier molecular flexibility index (Phi) is 5.20. The molecule has 1 aliphatic rings. The highest BCUT2D eigenvalue weighted by Crippen LogP contribution is 2.20. The summed E-state index contributed by atoms with van der Waals surface area (Å²) >= 11 is 0. The number of hydrogen-bond donors (Lipinski definition) is 1. The Bertz CT molecular complexity index is 692. The average molecular weight is 325 g/mol. The van der Waals surface area contributed by atoms with Crippen LogP contribution in [0.15, 0.2) is 36.4 Å². The minimum absolute atomic E-state index is 0.0597. The van der Waals surface area contributed by atoms with Crippen LogP contribution in [0.25, 0.3) is 11.3 Å². The summed E-state index contributed by atoms with van der Waals surface area (Å²) in [5.41, 5.74) is 3.28. The molecule has 2 heterocycles. The predicted molar refractivity (Wildman–Crippen MR) is 92.8 cm³/mol. The molecule has 1 saturated heterocycles. The highest BCUT2D eigenvalue weighted by molar-refractivity contribution is 5.95. The van der Waals surface area contributed by atoms with Crippen molar-refractivity contribution >= 4 is 5.91 Å². The molecule has 1 aromatic carbocycles. The highest BCUT2D eigenvalue weighted by atomic mass is 16.5. The molecule has 1 atom stereocenters. The van der Waals surface area contributed by atoms with Gasteiger partial charge in [0, 0.05) is 30.2 Å². The molecule has 0 spiro atoms. The zero-order valence-corrected chi connectivity index (χ0v) is 14.2. The van der Waals surface area contributed by atoms with Gasteiger partial charge in [-0.3, -0.25) is 4.79 Å². The predicted octanol–water partition coefficient (Wildman–Crippen LogP) is 3.03. The maximum Gasteiger partial charge on any atom is 0.251 e. The van der Waals surface area contributed by atoms with Gasteiger partial charge in [0.15, 0.2) is 0 Å². The van der Waals surface area contributed by atoms with Crippen LogP contribution in [0.4, 0.5) is 0 Å². The van der Waals surface area contributed by atoms with E-state index in [-0.39, 0.29) is 5.91 Å². The van der Waals surface area contributed by atoms with Crippen LogP contribution in [0.1, 0.15) is 42.2 Å². The number of benzene rings is 1. The third kappa shape index (κ3) is 3.97. The maximum atomic E-state index is 12.3. The van der Waals surface area contributed by atoms with Crippen LogP contribution < -0.4 is 5.32 Å². The molecular weight excluding hydrogens is 302 g/mol. The summed E-state index contributed by atoms with van der Waals surface area (Å²) in [5.74, 6) is 0.713. The molecule has 1 aromatic heterocycles. The normalized spacial score (nSPS) is 17.2. The second-order valence-corrected chi connectivity index (χ2v) is 6.52. The Labute approximate surface area is 142 Å². The van der Waals surface area contributed by atoms with Crippen molar-refractivity contribution in [2.24, 2.45) is 5.92 Å². The number of aromatic nitrogens is 2. The van der Waals surface area contributed by atoms with Crippen molar-refractivity contribution < 1.29 is 9.53 Å². The first-order chi connectivity index (χ1) is 11.6. The van der Waals surface area contributed by atoms with Crippen molar-refractivity contribution in [2.75, 3.05) is 19.8 Å². The van der Waals surface area contributed by atoms with E-state index in [9.17, 15) is 4.79 Å². The molecule has 5 nitrogen and oxygen atoms in total. The minimum atomic E-state index is -0.0597. The van der Waals surface area contributed by atoms with Gasteiger partial charge >= 0.3 is 0 Å². The molecule has 2 aromatic rings. The number of amides is 1. The molecule has 0 saturated carbocycles. The average Bonchev–Trinajstić information content (AvgIpc) is 3.13. The third-order valence-corrected chi connectivity index (χ3v) is 4.27. The number of carbonyl (C=O) groups is 1. The van der Waals surface area contributed by atoms with Crippen molar-refractivity contribution in [3.05, 3.63) is 47.7 Å². The van der Waals surface area contributed by atoms with E-state index in [1.165, 1.54) is 0 Å². The Balaban J connectivity index is 1.69. The van der Waals surface area contributed by atoms with E-state index in [0.717, 1.165) is 36.6 Å². The Hall–Kier alpha value is -2.27. The van der Waals surface area contributed by atoms with E-state index in [1.54, 1.807) is 0 Å². The van der Waals surface area contributed by atoms with Gasteiger partial charge in [-0.25, -0.2) is 0 Å². The third-order valence-electron chi connectivity index (χ3n) is 4.27. The molecule has 3 rings (SSSR count). The lowest BCUT2D eigenvalue weighted by molar-refractivity contribution is 0.0945. The monoisotopic (exact) mass is 325 g/mol. The SMILES string of the molecule is CC(C)c1ccc(-c2cccc(C(=O)NCC3CCOC3)c2)nn1. The van der Waals surface area contributed by atoms with Crippen LogP contribution >= 0.6 is 0 Å². The molecule has 0 radical (unpaired) electrons. The molecule has 1 unspecified atom stereocenters. The summed E-state index contributed by atoms with van der Waals surface area (Å²) in [6.45, 7) is 6.36. The number of hydrogen-bond acceptors (Lipinski definition) is 4. The molecule has 0 bridgehead atoms. The minimum Gasteiger partial charge on any atom is -0.381 e. The van der Waals surface area contributed by atoms with Gasteiger partial charge in [0.05, 0.1) is 18.0 Å². The van der Waals surface area contributed by atoms with Gasteiger partial charge in [0.2, 0.25) is 0 Å². The highest BCUT2D eigenvalue weighted by Gasteiger charge is 2.17. The zero-order chi connectivity index (χ0) is 16.9. The van der Waals surface area contributed by atoms with Crippen molar-refractivity contribution in [3.8, 4) is 11.3 Å². The number of nitrogens with zero attached hydrogens (tertiary/aromatic N) is 2. The molecule has 1 fully saturated rings. The molecule has 126 valence electrons. The molecule has 1 N–H and O–H groups in total. The van der Waals surface area contributed by atoms with Gasteiger partial charge in [0.1, 0.15) is 0 Å². The summed E-state index contributed by atoms with van der Waals surface area (Å²) < 4.78 is 5.33. The lowest BCUT2D eigenvalue weighted by Gasteiger charge is -2.10. The van der Waals surface area contributed by atoms with Crippen LogP contribution in [-0.4, -0.2) is 35.9 Å². The second-order valence-electron chi connectivity index (χ2n) is 6.52. The Morgan fingerprint density at radius 2 is 2.17 bits per heavy atom. The number of nitrogens with one attached hydrogen (secondary N) is 1. The van der Waals surface area contributed by atoms with Gasteiger partial charge in [-0.15, -0.1) is 0 Å². The fourth-order valence-electron chi connectivity index (χ4n) is 2.71. The second kappa shape index (κ2) is 7.53. The van der Waals surface area contributed by atoms with Crippen LogP contribution in [-0.2, 0) is 4.74 Å². The van der Waals surface area contributed by atoms with Crippen molar-refractivity contribution in [3.63, 3.8) is 0 Å². The van der Waals surface area contributed by atoms with Crippen molar-refractivity contribution in [1.29, 1.82) is 0 Å². The van der Waals surface area contributed by atoms with E-state index < -0.39 is 0 Å². The summed E-state index contributed by atoms with van der Waals surface area (Å²) in [4.78, 5) is 12.3. The summed E-state index contributed by atoms with van der Waals surface area (Å²) in [5, 5.41) is 11.5. The molecule has 1 aliphatic heterocycles. The first-order valence-corrected chi connectivity index (χ1v) is 8.43. The largest absolute Gasteiger partial charge is 0.381 e. The Morgan fingerprint density at radius 1 is 1.29 bits per heavy atom. The van der Waals surface area contributed by atoms with Crippen LogP contribution in [0, 0.1) is 5.92 Å². The van der Waals surface area contributed by atoms with Crippen molar-refractivity contribution in [1.82, 2.24) is 15.5 Å². The van der Waals surface area contributed by atoms with Crippen LogP contribution in [0.2, 0.25) is 0 Å². The van der Waals surface area contributed by atoms with Crippen LogP contribution in [0.3, 0.4) is 0 Å². The van der Waals surface area contributed by atoms with E-state index in [4.69, 9.17) is 4.74 Å². The number of rotatable bonds is 5. The van der Waals surface area contributed by atoms with Gasteiger partial charge in [-0.2, -0.15) is 10.2 Å². The van der Waals surface area contributed by atoms with E-state index in [1.807, 2.05) is 36.4 Å². The maximum absolute atomic E-state index is 12.3. The summed E-state index contributed by atoms with van der Waals surface area (Å²) in [6.07, 6.45) is 1.01. The summed E-state index contributed by atoms with van der Waals surface area (Å²) in [6, 6.07) is 11.4. The van der Waals surface area contributed by atoms with Gasteiger partial charge in [0.25, 0.3) is 5.91 Å². The molecule has 1 amide bonds. The quantitative estimate of drug-likeness (QED) is 0.918. The molecule has 0 aliphatic carbocycles. The lowest BCUT2D eigenvalue weighted by atomic mass is 10.1. The fraction of sp³-hybridized carbons (Fsp3) is 0.421. The van der Waals surface area contributed by atoms with Gasteiger partial charge in [-0.1, -0.05) is 26.0 Å².